The molecule has 18 heavy (non-hydrogen) atoms. The van der Waals surface area contributed by atoms with E-state index < -0.39 is 0 Å². The first kappa shape index (κ1) is 12.2. The third-order valence-electron chi connectivity index (χ3n) is 2.77. The van der Waals surface area contributed by atoms with Crippen molar-refractivity contribution < 1.29 is 4.79 Å². The lowest BCUT2D eigenvalue weighted by molar-refractivity contribution is 0.0944. The largest absolute Gasteiger partial charge is 0.345 e. The van der Waals surface area contributed by atoms with Gasteiger partial charge in [-0.2, -0.15) is 0 Å². The van der Waals surface area contributed by atoms with Gasteiger partial charge in [0, 0.05) is 5.56 Å². The van der Waals surface area contributed by atoms with Crippen LogP contribution in [0.5, 0.6) is 0 Å². The number of aromatic nitrogens is 2. The average molecular weight is 241 g/mol. The first-order chi connectivity index (χ1) is 8.74. The van der Waals surface area contributed by atoms with Crippen molar-refractivity contribution in [2.24, 2.45) is 0 Å². The van der Waals surface area contributed by atoms with Gasteiger partial charge in [-0.15, -0.1) is 6.42 Å². The van der Waals surface area contributed by atoms with Crippen molar-refractivity contribution in [2.45, 2.75) is 25.8 Å². The first-order valence-corrected chi connectivity index (χ1v) is 5.94. The highest BCUT2D eigenvalue weighted by atomic mass is 16.1. The minimum absolute atomic E-state index is 0.150. The molecule has 1 aromatic heterocycles. The molecule has 0 aliphatic carbocycles. The predicted molar refractivity (Wildman–Crippen MR) is 71.1 cm³/mol. The van der Waals surface area contributed by atoms with Gasteiger partial charge < -0.3 is 10.3 Å². The van der Waals surface area contributed by atoms with Crippen molar-refractivity contribution in [1.29, 1.82) is 0 Å². The second-order valence-electron chi connectivity index (χ2n) is 4.12. The summed E-state index contributed by atoms with van der Waals surface area (Å²) >= 11 is 0. The highest BCUT2D eigenvalue weighted by Gasteiger charge is 2.11. The summed E-state index contributed by atoms with van der Waals surface area (Å²) < 4.78 is 0. The molecule has 0 bridgehead atoms. The summed E-state index contributed by atoms with van der Waals surface area (Å²) in [6, 6.07) is 5.13. The molecule has 92 valence electrons. The van der Waals surface area contributed by atoms with E-state index in [0.29, 0.717) is 5.56 Å². The fraction of sp³-hybridized carbons (Fsp3) is 0.286. The molecule has 0 fully saturated rings. The number of hydrogen-bond acceptors (Lipinski definition) is 2. The average Bonchev–Trinajstić information content (AvgIpc) is 2.85. The summed E-state index contributed by atoms with van der Waals surface area (Å²) in [4.78, 5) is 19.1. The van der Waals surface area contributed by atoms with Gasteiger partial charge in [0.2, 0.25) is 0 Å². The molecule has 2 rings (SSSR count). The van der Waals surface area contributed by atoms with Crippen molar-refractivity contribution >= 4 is 16.9 Å². The Labute approximate surface area is 106 Å². The fourth-order valence-electron chi connectivity index (χ4n) is 1.80. The third-order valence-corrected chi connectivity index (χ3v) is 2.77. The number of carbonyl (C=O) groups is 1. The molecule has 2 aromatic rings. The molecule has 1 aromatic carbocycles. The van der Waals surface area contributed by atoms with Crippen LogP contribution in [-0.4, -0.2) is 21.9 Å². The Kier molecular flexibility index (Phi) is 3.63. The van der Waals surface area contributed by atoms with E-state index in [1.807, 2.05) is 13.0 Å². The van der Waals surface area contributed by atoms with Gasteiger partial charge in [0.15, 0.2) is 0 Å². The number of amides is 1. The van der Waals surface area contributed by atoms with Gasteiger partial charge in [0.05, 0.1) is 23.4 Å². The number of nitrogens with one attached hydrogen (secondary N) is 2. The summed E-state index contributed by atoms with van der Waals surface area (Å²) in [5, 5.41) is 2.83. The molecule has 4 nitrogen and oxygen atoms in total. The molecule has 0 spiro atoms. The number of H-pyrrole nitrogens is 1. The maximum Gasteiger partial charge on any atom is 0.252 e. The van der Waals surface area contributed by atoms with Gasteiger partial charge in [-0.1, -0.05) is 19.3 Å². The van der Waals surface area contributed by atoms with Gasteiger partial charge in [-0.25, -0.2) is 4.98 Å². The molecule has 0 aliphatic rings. The topological polar surface area (TPSA) is 57.8 Å². The first-order valence-electron chi connectivity index (χ1n) is 5.94. The number of imidazole rings is 1. The Morgan fingerprint density at radius 3 is 3.17 bits per heavy atom. The Morgan fingerprint density at radius 2 is 2.44 bits per heavy atom. The van der Waals surface area contributed by atoms with Crippen molar-refractivity contribution in [3.05, 3.63) is 30.1 Å². The van der Waals surface area contributed by atoms with Crippen LogP contribution in [0, 0.1) is 12.3 Å². The second-order valence-corrected chi connectivity index (χ2v) is 4.12. The minimum Gasteiger partial charge on any atom is -0.345 e. The van der Waals surface area contributed by atoms with E-state index >= 15 is 0 Å². The van der Waals surface area contributed by atoms with Gasteiger partial charge in [0.25, 0.3) is 5.91 Å². The van der Waals surface area contributed by atoms with Gasteiger partial charge in [-0.3, -0.25) is 4.79 Å². The minimum atomic E-state index is -0.208. The van der Waals surface area contributed by atoms with E-state index in [0.717, 1.165) is 23.9 Å². The van der Waals surface area contributed by atoms with Crippen molar-refractivity contribution in [1.82, 2.24) is 15.3 Å². The molecule has 0 radical (unpaired) electrons. The molecule has 0 aliphatic heterocycles. The molecule has 1 atom stereocenters. The fourth-order valence-corrected chi connectivity index (χ4v) is 1.80. The number of nitrogens with zero attached hydrogens (tertiary/aromatic N) is 1. The summed E-state index contributed by atoms with van der Waals surface area (Å²) in [5.41, 5.74) is 2.27. The summed E-state index contributed by atoms with van der Waals surface area (Å²) in [6.07, 6.45) is 8.71. The van der Waals surface area contributed by atoms with E-state index in [-0.39, 0.29) is 11.9 Å². The van der Waals surface area contributed by atoms with E-state index in [1.54, 1.807) is 18.5 Å². The van der Waals surface area contributed by atoms with Crippen LogP contribution in [0.15, 0.2) is 24.5 Å². The molecule has 0 saturated heterocycles. The monoisotopic (exact) mass is 241 g/mol. The summed E-state index contributed by atoms with van der Waals surface area (Å²) in [5.74, 6) is 2.43. The molecule has 4 heteroatoms. The molecule has 1 heterocycles. The Bertz CT molecular complexity index is 594. The number of carbonyl (C=O) groups excluding carboxylic acids is 1. The van der Waals surface area contributed by atoms with Crippen LogP contribution >= 0.6 is 0 Å². The van der Waals surface area contributed by atoms with Crippen molar-refractivity contribution in [2.75, 3.05) is 0 Å². The molecule has 0 saturated carbocycles. The SMILES string of the molecule is C#CC(CCC)NC(=O)c1ccc2nc[nH]c2c1. The number of fused-ring (bicyclic) bond motifs is 1. The van der Waals surface area contributed by atoms with Crippen LogP contribution in [0.4, 0.5) is 0 Å². The number of aromatic amines is 1. The van der Waals surface area contributed by atoms with Crippen molar-refractivity contribution in [3.63, 3.8) is 0 Å². The van der Waals surface area contributed by atoms with E-state index in [2.05, 4.69) is 21.2 Å². The lowest BCUT2D eigenvalue weighted by Crippen LogP contribution is -2.33. The summed E-state index contributed by atoms with van der Waals surface area (Å²) in [7, 11) is 0. The zero-order valence-electron chi connectivity index (χ0n) is 10.2. The standard InChI is InChI=1S/C14H15N3O/c1-3-5-11(4-2)17-14(18)10-6-7-12-13(8-10)16-9-15-12/h2,6-9,11H,3,5H2,1H3,(H,15,16)(H,17,18). The van der Waals surface area contributed by atoms with E-state index in [1.165, 1.54) is 0 Å². The second kappa shape index (κ2) is 5.37. The number of terminal acetylenes is 1. The lowest BCUT2D eigenvalue weighted by atomic mass is 10.1. The van der Waals surface area contributed by atoms with Crippen LogP contribution in [0.3, 0.4) is 0 Å². The summed E-state index contributed by atoms with van der Waals surface area (Å²) in [6.45, 7) is 2.03. The quantitative estimate of drug-likeness (QED) is 0.805. The normalized spacial score (nSPS) is 12.0. The van der Waals surface area contributed by atoms with Gasteiger partial charge in [0.1, 0.15) is 0 Å². The highest BCUT2D eigenvalue weighted by Crippen LogP contribution is 2.11. The number of benzene rings is 1. The molecule has 1 unspecified atom stereocenters. The van der Waals surface area contributed by atoms with E-state index in [4.69, 9.17) is 6.42 Å². The van der Waals surface area contributed by atoms with Crippen LogP contribution in [0.25, 0.3) is 11.0 Å². The van der Waals surface area contributed by atoms with Gasteiger partial charge in [-0.05, 0) is 24.6 Å². The Morgan fingerprint density at radius 1 is 1.61 bits per heavy atom. The third kappa shape index (κ3) is 2.51. The number of rotatable bonds is 4. The van der Waals surface area contributed by atoms with Crippen molar-refractivity contribution in [3.8, 4) is 12.3 Å². The lowest BCUT2D eigenvalue weighted by Gasteiger charge is -2.11. The zero-order valence-corrected chi connectivity index (χ0v) is 10.2. The van der Waals surface area contributed by atoms with Crippen LogP contribution in [0.1, 0.15) is 30.1 Å². The maximum atomic E-state index is 12.0. The van der Waals surface area contributed by atoms with Crippen LogP contribution < -0.4 is 5.32 Å². The zero-order chi connectivity index (χ0) is 13.0. The molecular weight excluding hydrogens is 226 g/mol. The van der Waals surface area contributed by atoms with Gasteiger partial charge >= 0.3 is 0 Å². The Hall–Kier alpha value is -2.28. The van der Waals surface area contributed by atoms with E-state index in [9.17, 15) is 4.79 Å². The molecular formula is C14H15N3O. The highest BCUT2D eigenvalue weighted by molar-refractivity contribution is 5.97. The predicted octanol–water partition coefficient (Wildman–Crippen LogP) is 2.09. The molecule has 2 N–H and O–H groups in total. The van der Waals surface area contributed by atoms with Crippen LogP contribution in [0.2, 0.25) is 0 Å². The molecule has 1 amide bonds. The smallest absolute Gasteiger partial charge is 0.252 e. The Balaban J connectivity index is 2.15. The maximum absolute atomic E-state index is 12.0. The number of hydrogen-bond donors (Lipinski definition) is 2. The van der Waals surface area contributed by atoms with Crippen LogP contribution in [-0.2, 0) is 0 Å².